The molecule has 2 aromatic carbocycles. The van der Waals surface area contributed by atoms with Gasteiger partial charge in [0.1, 0.15) is 6.67 Å². The number of fused-ring (bicyclic) bond motifs is 3. The predicted octanol–water partition coefficient (Wildman–Crippen LogP) is 6.14. The van der Waals surface area contributed by atoms with Gasteiger partial charge in [0.05, 0.1) is 24.6 Å². The van der Waals surface area contributed by atoms with Crippen molar-refractivity contribution in [1.82, 2.24) is 0 Å². The van der Waals surface area contributed by atoms with Crippen molar-refractivity contribution in [2.45, 2.75) is 39.5 Å². The zero-order chi connectivity index (χ0) is 20.6. The van der Waals surface area contributed by atoms with Crippen molar-refractivity contribution >= 4 is 46.2 Å². The zero-order valence-corrected chi connectivity index (χ0v) is 18.7. The van der Waals surface area contributed by atoms with Crippen LogP contribution in [0.4, 0.5) is 11.4 Å². The number of rotatable bonds is 6. The van der Waals surface area contributed by atoms with Gasteiger partial charge in [-0.3, -0.25) is 9.80 Å². The summed E-state index contributed by atoms with van der Waals surface area (Å²) in [5.74, 6) is 0. The Bertz CT molecular complexity index is 787. The number of unbranched alkanes of at least 4 members (excludes halogenated alkanes) is 2. The Balaban J connectivity index is 1.99. The van der Waals surface area contributed by atoms with E-state index in [0.29, 0.717) is 30.2 Å². The van der Waals surface area contributed by atoms with Crippen LogP contribution in [-0.2, 0) is 9.47 Å². The van der Waals surface area contributed by atoms with Crippen molar-refractivity contribution in [3.8, 4) is 11.1 Å². The fourth-order valence-electron chi connectivity index (χ4n) is 3.24. The molecule has 0 fully saturated rings. The molecular formula is C23H28N2O2S2. The Morgan fingerprint density at radius 3 is 1.59 bits per heavy atom. The summed E-state index contributed by atoms with van der Waals surface area (Å²) in [6, 6.07) is 16.5. The number of hydrogen-bond donors (Lipinski definition) is 0. The molecule has 0 saturated carbocycles. The van der Waals surface area contributed by atoms with E-state index in [4.69, 9.17) is 33.9 Å². The minimum Gasteiger partial charge on any atom is -0.471 e. The molecule has 0 amide bonds. The number of thiocarbonyl (C=S) groups is 2. The van der Waals surface area contributed by atoms with Gasteiger partial charge in [-0.05, 0) is 49.4 Å². The molecule has 154 valence electrons. The highest BCUT2D eigenvalue weighted by molar-refractivity contribution is 7.80. The van der Waals surface area contributed by atoms with Crippen molar-refractivity contribution in [3.05, 3.63) is 48.5 Å². The van der Waals surface area contributed by atoms with Crippen LogP contribution < -0.4 is 9.80 Å². The van der Waals surface area contributed by atoms with Gasteiger partial charge in [-0.25, -0.2) is 0 Å². The minimum atomic E-state index is 0.448. The first-order valence-electron chi connectivity index (χ1n) is 10.2. The van der Waals surface area contributed by atoms with Crippen LogP contribution in [0.15, 0.2) is 48.5 Å². The maximum absolute atomic E-state index is 5.91. The normalized spacial score (nSPS) is 12.6. The maximum Gasteiger partial charge on any atom is 0.265 e. The van der Waals surface area contributed by atoms with Crippen molar-refractivity contribution in [2.75, 3.05) is 29.7 Å². The molecule has 6 heteroatoms. The Labute approximate surface area is 184 Å². The highest BCUT2D eigenvalue weighted by atomic mass is 32.1. The van der Waals surface area contributed by atoms with Crippen LogP contribution in [0, 0.1) is 0 Å². The largest absolute Gasteiger partial charge is 0.471 e. The van der Waals surface area contributed by atoms with Gasteiger partial charge in [0.2, 0.25) is 0 Å². The molecule has 29 heavy (non-hydrogen) atoms. The summed E-state index contributed by atoms with van der Waals surface area (Å²) in [7, 11) is 0. The lowest BCUT2D eigenvalue weighted by atomic mass is 10.0. The summed E-state index contributed by atoms with van der Waals surface area (Å²) in [6.07, 6.45) is 4.06. The van der Waals surface area contributed by atoms with Gasteiger partial charge < -0.3 is 9.47 Å². The second kappa shape index (κ2) is 10.6. The lowest BCUT2D eigenvalue weighted by Gasteiger charge is -2.31. The number of hydrogen-bond acceptors (Lipinski definition) is 4. The van der Waals surface area contributed by atoms with Crippen LogP contribution in [0.25, 0.3) is 11.1 Å². The molecule has 0 N–H and O–H groups in total. The molecule has 0 aromatic heterocycles. The van der Waals surface area contributed by atoms with Gasteiger partial charge in [0, 0.05) is 11.1 Å². The van der Waals surface area contributed by atoms with Gasteiger partial charge >= 0.3 is 0 Å². The number of anilines is 2. The first kappa shape index (κ1) is 21.5. The van der Waals surface area contributed by atoms with Crippen LogP contribution in [0.5, 0.6) is 0 Å². The van der Waals surface area contributed by atoms with E-state index in [9.17, 15) is 0 Å². The molecule has 1 aliphatic rings. The average molecular weight is 429 g/mol. The third kappa shape index (κ3) is 5.06. The van der Waals surface area contributed by atoms with Crippen molar-refractivity contribution < 1.29 is 9.47 Å². The molecule has 0 spiro atoms. The fraction of sp³-hybridized carbons (Fsp3) is 0.391. The Kier molecular flexibility index (Phi) is 7.83. The first-order chi connectivity index (χ1) is 14.2. The summed E-state index contributed by atoms with van der Waals surface area (Å²) >= 11 is 11.3. The molecule has 0 unspecified atom stereocenters. The van der Waals surface area contributed by atoms with Crippen LogP contribution in [0.1, 0.15) is 39.5 Å². The second-order valence-corrected chi connectivity index (χ2v) is 7.67. The molecular weight excluding hydrogens is 400 g/mol. The van der Waals surface area contributed by atoms with Gasteiger partial charge in [-0.15, -0.1) is 0 Å². The van der Waals surface area contributed by atoms with E-state index in [2.05, 4.69) is 38.1 Å². The van der Waals surface area contributed by atoms with Gasteiger partial charge in [-0.2, -0.15) is 0 Å². The summed E-state index contributed by atoms with van der Waals surface area (Å²) < 4.78 is 11.8. The van der Waals surface area contributed by atoms with E-state index in [0.717, 1.165) is 48.2 Å². The fourth-order valence-corrected chi connectivity index (χ4v) is 3.72. The van der Waals surface area contributed by atoms with E-state index >= 15 is 0 Å². The minimum absolute atomic E-state index is 0.448. The topological polar surface area (TPSA) is 24.9 Å². The third-order valence-corrected chi connectivity index (χ3v) is 5.53. The van der Waals surface area contributed by atoms with E-state index in [1.54, 1.807) is 0 Å². The molecule has 0 aliphatic carbocycles. The SMILES string of the molecule is CCCCOC(=S)N1CN(C(=S)OCCCC)c2ccccc2-c2ccccc21. The third-order valence-electron chi connectivity index (χ3n) is 4.85. The number of nitrogens with zero attached hydrogens (tertiary/aromatic N) is 2. The maximum atomic E-state index is 5.91. The standard InChI is InChI=1S/C23H28N2O2S2/c1-3-5-15-26-22(28)24-17-25(23(29)27-16-6-4-2)21-14-10-8-12-19(21)18-11-7-9-13-20(18)24/h7-14H,3-6,15-17H2,1-2H3. The molecule has 3 rings (SSSR count). The molecule has 4 nitrogen and oxygen atoms in total. The molecule has 0 bridgehead atoms. The molecule has 0 radical (unpaired) electrons. The highest BCUT2D eigenvalue weighted by Gasteiger charge is 2.29. The highest BCUT2D eigenvalue weighted by Crippen LogP contribution is 2.40. The summed E-state index contributed by atoms with van der Waals surface area (Å²) in [5, 5.41) is 0.917. The number of ether oxygens (including phenoxy) is 2. The van der Waals surface area contributed by atoms with E-state index in [-0.39, 0.29) is 0 Å². The van der Waals surface area contributed by atoms with Crippen LogP contribution in [-0.4, -0.2) is 30.2 Å². The molecule has 1 aliphatic heterocycles. The van der Waals surface area contributed by atoms with Crippen LogP contribution in [0.2, 0.25) is 0 Å². The monoisotopic (exact) mass is 428 g/mol. The first-order valence-corrected chi connectivity index (χ1v) is 11.1. The van der Waals surface area contributed by atoms with Crippen molar-refractivity contribution in [1.29, 1.82) is 0 Å². The molecule has 1 heterocycles. The molecule has 2 aromatic rings. The van der Waals surface area contributed by atoms with Crippen molar-refractivity contribution in [2.24, 2.45) is 0 Å². The second-order valence-electron chi connectivity index (χ2n) is 6.97. The Morgan fingerprint density at radius 2 is 1.17 bits per heavy atom. The molecule has 0 saturated heterocycles. The van der Waals surface area contributed by atoms with Gasteiger partial charge in [0.25, 0.3) is 10.3 Å². The quantitative estimate of drug-likeness (QED) is 0.405. The number of benzene rings is 2. The van der Waals surface area contributed by atoms with Gasteiger partial charge in [-0.1, -0.05) is 63.1 Å². The average Bonchev–Trinajstić information content (AvgIpc) is 2.89. The smallest absolute Gasteiger partial charge is 0.265 e. The van der Waals surface area contributed by atoms with Crippen LogP contribution in [0.3, 0.4) is 0 Å². The summed E-state index contributed by atoms with van der Waals surface area (Å²) in [4.78, 5) is 4.02. The lowest BCUT2D eigenvalue weighted by molar-refractivity contribution is 0.292. The summed E-state index contributed by atoms with van der Waals surface area (Å²) in [6.45, 7) is 5.94. The Hall–Kier alpha value is -2.18. The number of para-hydroxylation sites is 2. The van der Waals surface area contributed by atoms with Crippen LogP contribution >= 0.6 is 24.4 Å². The summed E-state index contributed by atoms with van der Waals surface area (Å²) in [5.41, 5.74) is 4.23. The van der Waals surface area contributed by atoms with E-state index < -0.39 is 0 Å². The predicted molar refractivity (Wildman–Crippen MR) is 129 cm³/mol. The zero-order valence-electron chi connectivity index (χ0n) is 17.1. The lowest BCUT2D eigenvalue weighted by Crippen LogP contribution is -2.44. The van der Waals surface area contributed by atoms with Gasteiger partial charge in [0.15, 0.2) is 0 Å². The molecule has 0 atom stereocenters. The Morgan fingerprint density at radius 1 is 0.759 bits per heavy atom. The van der Waals surface area contributed by atoms with Crippen molar-refractivity contribution in [3.63, 3.8) is 0 Å². The van der Waals surface area contributed by atoms with E-state index in [1.807, 2.05) is 34.1 Å². The van der Waals surface area contributed by atoms with E-state index in [1.165, 1.54) is 0 Å².